The summed E-state index contributed by atoms with van der Waals surface area (Å²) < 4.78 is 13.8. The molecule has 0 aliphatic rings. The second-order valence-electron chi connectivity index (χ2n) is 7.79. The fourth-order valence-corrected chi connectivity index (χ4v) is 3.88. The highest BCUT2D eigenvalue weighted by atomic mass is 79.9. The van der Waals surface area contributed by atoms with Crippen LogP contribution in [0.5, 0.6) is 5.75 Å². The molecule has 4 nitrogen and oxygen atoms in total. The summed E-state index contributed by atoms with van der Waals surface area (Å²) in [5.74, 6) is 0.123. The highest BCUT2D eigenvalue weighted by Crippen LogP contribution is 2.40. The predicted octanol–water partition coefficient (Wildman–Crippen LogP) is 5.81. The summed E-state index contributed by atoms with van der Waals surface area (Å²) in [6.07, 6.45) is 4.50. The highest BCUT2D eigenvalue weighted by Gasteiger charge is 2.38. The van der Waals surface area contributed by atoms with E-state index in [-0.39, 0.29) is 18.1 Å². The van der Waals surface area contributed by atoms with E-state index in [2.05, 4.69) is 41.9 Å². The van der Waals surface area contributed by atoms with Crippen molar-refractivity contribution < 1.29 is 14.3 Å². The van der Waals surface area contributed by atoms with Crippen LogP contribution < -0.4 is 4.74 Å². The Kier molecular flexibility index (Phi) is 6.80. The van der Waals surface area contributed by atoms with Crippen LogP contribution in [0, 0.1) is 5.41 Å². The van der Waals surface area contributed by atoms with Gasteiger partial charge in [-0.05, 0) is 59.4 Å². The van der Waals surface area contributed by atoms with Crippen LogP contribution in [0.4, 0.5) is 0 Å². The van der Waals surface area contributed by atoms with Crippen LogP contribution in [-0.2, 0) is 22.7 Å². The van der Waals surface area contributed by atoms with Gasteiger partial charge in [-0.25, -0.2) is 0 Å². The maximum Gasteiger partial charge on any atom is 0.315 e. The summed E-state index contributed by atoms with van der Waals surface area (Å²) in [6, 6.07) is 19.7. The average molecular weight is 456 g/mol. The molecular formula is C24H26BrNO3. The minimum atomic E-state index is -0.410. The van der Waals surface area contributed by atoms with Crippen molar-refractivity contribution in [2.45, 2.75) is 32.9 Å². The first-order chi connectivity index (χ1) is 13.9. The van der Waals surface area contributed by atoms with E-state index in [1.54, 1.807) is 7.11 Å². The lowest BCUT2D eigenvalue weighted by Crippen LogP contribution is -2.32. The molecule has 0 amide bonds. The number of benzene rings is 2. The SMILES string of the molecule is COc1ccc(C(C(=O)OCn2cccc2)C(C)(C)Cc2ccc(Br)cc2)cc1. The molecule has 0 radical (unpaired) electrons. The van der Waals surface area contributed by atoms with E-state index in [4.69, 9.17) is 9.47 Å². The van der Waals surface area contributed by atoms with Crippen molar-refractivity contribution in [2.24, 2.45) is 5.41 Å². The van der Waals surface area contributed by atoms with Crippen molar-refractivity contribution in [3.8, 4) is 5.75 Å². The zero-order valence-electron chi connectivity index (χ0n) is 17.0. The first-order valence-electron chi connectivity index (χ1n) is 9.55. The number of ether oxygens (including phenoxy) is 2. The van der Waals surface area contributed by atoms with Gasteiger partial charge in [0.25, 0.3) is 0 Å². The van der Waals surface area contributed by atoms with Gasteiger partial charge in [-0.2, -0.15) is 0 Å². The third-order valence-corrected chi connectivity index (χ3v) is 5.59. The molecule has 0 fully saturated rings. The van der Waals surface area contributed by atoms with Gasteiger partial charge in [-0.15, -0.1) is 0 Å². The molecule has 29 heavy (non-hydrogen) atoms. The van der Waals surface area contributed by atoms with Crippen molar-refractivity contribution in [3.63, 3.8) is 0 Å². The lowest BCUT2D eigenvalue weighted by atomic mass is 9.71. The summed E-state index contributed by atoms with van der Waals surface area (Å²) in [5.41, 5.74) is 1.75. The highest BCUT2D eigenvalue weighted by molar-refractivity contribution is 9.10. The molecule has 1 atom stereocenters. The largest absolute Gasteiger partial charge is 0.497 e. The number of hydrogen-bond acceptors (Lipinski definition) is 3. The maximum absolute atomic E-state index is 13.2. The van der Waals surface area contributed by atoms with Crippen LogP contribution in [0.2, 0.25) is 0 Å². The molecule has 5 heteroatoms. The van der Waals surface area contributed by atoms with Gasteiger partial charge in [-0.1, -0.05) is 54.0 Å². The molecule has 0 spiro atoms. The van der Waals surface area contributed by atoms with Crippen molar-refractivity contribution in [3.05, 3.63) is 88.7 Å². The quantitative estimate of drug-likeness (QED) is 0.402. The summed E-state index contributed by atoms with van der Waals surface area (Å²) in [4.78, 5) is 13.2. The zero-order valence-corrected chi connectivity index (χ0v) is 18.6. The Labute approximate surface area is 180 Å². The molecule has 3 aromatic rings. The van der Waals surface area contributed by atoms with E-state index in [0.717, 1.165) is 22.2 Å². The topological polar surface area (TPSA) is 40.5 Å². The molecule has 0 aliphatic carbocycles. The summed E-state index contributed by atoms with van der Waals surface area (Å²) in [6.45, 7) is 4.43. The minimum absolute atomic E-state index is 0.201. The molecule has 0 saturated heterocycles. The lowest BCUT2D eigenvalue weighted by molar-refractivity contribution is -0.152. The number of methoxy groups -OCH3 is 1. The van der Waals surface area contributed by atoms with Gasteiger partial charge in [0.15, 0.2) is 6.73 Å². The van der Waals surface area contributed by atoms with Crippen LogP contribution in [0.1, 0.15) is 30.9 Å². The smallest absolute Gasteiger partial charge is 0.315 e. The molecule has 1 heterocycles. The second-order valence-corrected chi connectivity index (χ2v) is 8.70. The van der Waals surface area contributed by atoms with Crippen LogP contribution in [0.25, 0.3) is 0 Å². The molecule has 0 saturated carbocycles. The molecule has 1 aromatic heterocycles. The van der Waals surface area contributed by atoms with Gasteiger partial charge in [0.2, 0.25) is 0 Å². The van der Waals surface area contributed by atoms with E-state index in [1.807, 2.05) is 65.5 Å². The number of halogens is 1. The van der Waals surface area contributed by atoms with Crippen LogP contribution in [0.3, 0.4) is 0 Å². The molecule has 1 unspecified atom stereocenters. The minimum Gasteiger partial charge on any atom is -0.497 e. The third kappa shape index (κ3) is 5.51. The molecule has 0 bridgehead atoms. The summed E-state index contributed by atoms with van der Waals surface area (Å²) >= 11 is 3.48. The first kappa shape index (κ1) is 21.2. The van der Waals surface area contributed by atoms with E-state index >= 15 is 0 Å². The monoisotopic (exact) mass is 455 g/mol. The number of hydrogen-bond donors (Lipinski definition) is 0. The first-order valence-corrected chi connectivity index (χ1v) is 10.3. The van der Waals surface area contributed by atoms with Crippen LogP contribution in [0.15, 0.2) is 77.5 Å². The lowest BCUT2D eigenvalue weighted by Gasteiger charge is -2.33. The van der Waals surface area contributed by atoms with Gasteiger partial charge >= 0.3 is 5.97 Å². The van der Waals surface area contributed by atoms with E-state index in [9.17, 15) is 4.79 Å². The normalized spacial score (nSPS) is 12.4. The van der Waals surface area contributed by atoms with Crippen molar-refractivity contribution >= 4 is 21.9 Å². The molecule has 0 N–H and O–H groups in total. The molecule has 152 valence electrons. The van der Waals surface area contributed by atoms with Crippen LogP contribution >= 0.6 is 15.9 Å². The molecule has 0 aliphatic heterocycles. The Bertz CT molecular complexity index is 916. The third-order valence-electron chi connectivity index (χ3n) is 5.06. The van der Waals surface area contributed by atoms with Crippen molar-refractivity contribution in [2.75, 3.05) is 7.11 Å². The maximum atomic E-state index is 13.2. The fourth-order valence-electron chi connectivity index (χ4n) is 3.61. The second kappa shape index (κ2) is 9.31. The molecule has 2 aromatic carbocycles. The zero-order chi connectivity index (χ0) is 20.9. The number of carbonyl (C=O) groups is 1. The summed E-state index contributed by atoms with van der Waals surface area (Å²) in [7, 11) is 1.63. The van der Waals surface area contributed by atoms with Gasteiger partial charge in [0.05, 0.1) is 13.0 Å². The predicted molar refractivity (Wildman–Crippen MR) is 118 cm³/mol. The number of carbonyl (C=O) groups excluding carboxylic acids is 1. The number of rotatable bonds is 8. The van der Waals surface area contributed by atoms with Gasteiger partial charge in [0.1, 0.15) is 5.75 Å². The van der Waals surface area contributed by atoms with E-state index in [0.29, 0.717) is 0 Å². The van der Waals surface area contributed by atoms with Gasteiger partial charge in [0, 0.05) is 16.9 Å². The van der Waals surface area contributed by atoms with E-state index < -0.39 is 5.92 Å². The Balaban J connectivity index is 1.86. The standard InChI is InChI=1S/C24H26BrNO3/c1-24(2,16-18-6-10-20(25)11-7-18)22(19-8-12-21(28-3)13-9-19)23(27)29-17-26-14-4-5-15-26/h4-15,22H,16-17H2,1-3H3. The Morgan fingerprint density at radius 1 is 1.03 bits per heavy atom. The Hall–Kier alpha value is -2.53. The number of esters is 1. The van der Waals surface area contributed by atoms with Crippen molar-refractivity contribution in [1.29, 1.82) is 0 Å². The summed E-state index contributed by atoms with van der Waals surface area (Å²) in [5, 5.41) is 0. The van der Waals surface area contributed by atoms with Crippen molar-refractivity contribution in [1.82, 2.24) is 4.57 Å². The van der Waals surface area contributed by atoms with Gasteiger partial charge < -0.3 is 14.0 Å². The molecule has 3 rings (SSSR count). The number of nitrogens with zero attached hydrogens (tertiary/aromatic N) is 1. The average Bonchev–Trinajstić information content (AvgIpc) is 3.22. The van der Waals surface area contributed by atoms with Gasteiger partial charge in [-0.3, -0.25) is 4.79 Å². The fraction of sp³-hybridized carbons (Fsp3) is 0.292. The molecular weight excluding hydrogens is 430 g/mol. The van der Waals surface area contributed by atoms with E-state index in [1.165, 1.54) is 5.56 Å². The van der Waals surface area contributed by atoms with Crippen LogP contribution in [-0.4, -0.2) is 17.6 Å². The Morgan fingerprint density at radius 3 is 2.24 bits per heavy atom. The number of aromatic nitrogens is 1. The Morgan fingerprint density at radius 2 is 1.66 bits per heavy atom.